The van der Waals surface area contributed by atoms with Crippen LogP contribution in [-0.4, -0.2) is 87.6 Å². The quantitative estimate of drug-likeness (QED) is 0.277. The van der Waals surface area contributed by atoms with Gasteiger partial charge in [0.1, 0.15) is 24.4 Å². The molecule has 230 valence electrons. The first-order chi connectivity index (χ1) is 19.5. The molecule has 14 atom stereocenters. The molecule has 6 N–H and O–H groups in total. The van der Waals surface area contributed by atoms with E-state index in [1.165, 1.54) is 22.3 Å². The molecule has 0 spiro atoms. The van der Waals surface area contributed by atoms with Crippen molar-refractivity contribution in [1.29, 1.82) is 0 Å². The van der Waals surface area contributed by atoms with Gasteiger partial charge in [-0.3, -0.25) is 0 Å². The summed E-state index contributed by atoms with van der Waals surface area (Å²) < 4.78 is 12.1. The van der Waals surface area contributed by atoms with Gasteiger partial charge in [0.05, 0.1) is 18.8 Å². The van der Waals surface area contributed by atoms with Gasteiger partial charge in [0.15, 0.2) is 6.29 Å². The Morgan fingerprint density at radius 3 is 2.68 bits per heavy atom. The van der Waals surface area contributed by atoms with E-state index in [1.54, 1.807) is 0 Å². The maximum Gasteiger partial charge on any atom is 0.187 e. The van der Waals surface area contributed by atoms with Gasteiger partial charge in [0.2, 0.25) is 0 Å². The standard InChI is InChI=1S/C33H51NO7/c1-16-11-26(40-32-31(39)30(38)29(37)27(15-35)41-32)28(34-14-16)18(3)21-7-8-22-23-6-5-19-12-20(36)9-10-33(19,4)25(23)13-24(22)17(21)2/h5,13,16,18,20,22-23,25-32,34-39H,6-12,14-15H2,1-4H3/t16-,18-,20-,22+,23-,25-,26+,27+,28-,29+,30-,31+,32+,33-/m0/s1. The lowest BCUT2D eigenvalue weighted by molar-refractivity contribution is -0.315. The molecule has 4 aliphatic carbocycles. The fraction of sp³-hybridized carbons (Fsp3) is 0.818. The predicted molar refractivity (Wildman–Crippen MR) is 155 cm³/mol. The van der Waals surface area contributed by atoms with Gasteiger partial charge < -0.3 is 40.3 Å². The summed E-state index contributed by atoms with van der Waals surface area (Å²) in [6, 6.07) is 0.00923. The highest BCUT2D eigenvalue weighted by Gasteiger charge is 2.52. The lowest BCUT2D eigenvalue weighted by Crippen LogP contribution is -2.62. The molecule has 1 saturated carbocycles. The van der Waals surface area contributed by atoms with Gasteiger partial charge in [0, 0.05) is 6.04 Å². The maximum absolute atomic E-state index is 10.7. The van der Waals surface area contributed by atoms with Crippen LogP contribution in [0.15, 0.2) is 34.4 Å². The first-order valence-corrected chi connectivity index (χ1v) is 16.0. The minimum atomic E-state index is -1.45. The number of ether oxygens (including phenoxy) is 2. The summed E-state index contributed by atoms with van der Waals surface area (Å²) in [4.78, 5) is 0. The molecule has 2 aliphatic heterocycles. The molecular formula is C33H51NO7. The zero-order valence-electron chi connectivity index (χ0n) is 25.1. The van der Waals surface area contributed by atoms with E-state index >= 15 is 0 Å². The van der Waals surface area contributed by atoms with Crippen LogP contribution in [0.5, 0.6) is 0 Å². The van der Waals surface area contributed by atoms with Crippen LogP contribution in [0.3, 0.4) is 0 Å². The molecule has 2 heterocycles. The molecule has 6 rings (SSSR count). The second kappa shape index (κ2) is 11.4. The zero-order chi connectivity index (χ0) is 29.2. The molecule has 0 aromatic carbocycles. The van der Waals surface area contributed by atoms with E-state index in [1.807, 2.05) is 0 Å². The van der Waals surface area contributed by atoms with Gasteiger partial charge in [0.25, 0.3) is 0 Å². The average molecular weight is 574 g/mol. The number of allylic oxidation sites excluding steroid dienone is 4. The summed E-state index contributed by atoms with van der Waals surface area (Å²) in [5.74, 6) is 2.36. The van der Waals surface area contributed by atoms with Crippen LogP contribution >= 0.6 is 0 Å². The molecule has 0 radical (unpaired) electrons. The zero-order valence-corrected chi connectivity index (χ0v) is 25.1. The molecule has 8 heteroatoms. The summed E-state index contributed by atoms with van der Waals surface area (Å²) >= 11 is 0. The first kappa shape index (κ1) is 29.9. The number of fused-ring (bicyclic) bond motifs is 5. The number of nitrogens with one attached hydrogen (secondary N) is 1. The minimum Gasteiger partial charge on any atom is -0.394 e. The third-order valence-corrected chi connectivity index (χ3v) is 11.9. The van der Waals surface area contributed by atoms with Crippen molar-refractivity contribution >= 4 is 0 Å². The molecule has 0 aromatic rings. The third kappa shape index (κ3) is 5.10. The Kier molecular flexibility index (Phi) is 8.35. The van der Waals surface area contributed by atoms with Crippen molar-refractivity contribution in [2.45, 2.75) is 122 Å². The van der Waals surface area contributed by atoms with Crippen molar-refractivity contribution < 1.29 is 35.0 Å². The SMILES string of the molecule is CC1=C([C@H](C)[C@@H]2NC[C@@H](C)C[C@H]2O[C@@H]2O[C@H](CO)[C@@H](O)[C@H](O)[C@H]2O)CC[C@H]2C1=C[C@H]1[C@H]2CC=C2C[C@@H](O)CC[C@@]21C. The smallest absolute Gasteiger partial charge is 0.187 e. The average Bonchev–Trinajstić information content (AvgIpc) is 3.35. The molecular weight excluding hydrogens is 522 g/mol. The van der Waals surface area contributed by atoms with Crippen molar-refractivity contribution in [1.82, 2.24) is 5.32 Å². The highest BCUT2D eigenvalue weighted by Crippen LogP contribution is 2.61. The third-order valence-electron chi connectivity index (χ3n) is 11.9. The lowest BCUT2D eigenvalue weighted by atomic mass is 9.56. The van der Waals surface area contributed by atoms with E-state index in [9.17, 15) is 25.5 Å². The lowest BCUT2D eigenvalue weighted by Gasteiger charge is -2.49. The van der Waals surface area contributed by atoms with E-state index in [0.717, 1.165) is 51.5 Å². The highest BCUT2D eigenvalue weighted by molar-refractivity contribution is 5.46. The van der Waals surface area contributed by atoms with Gasteiger partial charge in [-0.05, 0) is 105 Å². The number of hydrogen-bond acceptors (Lipinski definition) is 8. The van der Waals surface area contributed by atoms with Crippen LogP contribution in [0.2, 0.25) is 0 Å². The van der Waals surface area contributed by atoms with E-state index < -0.39 is 37.3 Å². The summed E-state index contributed by atoms with van der Waals surface area (Å²) in [5.41, 5.74) is 6.06. The van der Waals surface area contributed by atoms with Crippen LogP contribution in [0.25, 0.3) is 0 Å². The Hall–Kier alpha value is -1.10. The van der Waals surface area contributed by atoms with Gasteiger partial charge in [-0.2, -0.15) is 0 Å². The van der Waals surface area contributed by atoms with E-state index in [2.05, 4.69) is 45.2 Å². The largest absolute Gasteiger partial charge is 0.394 e. The monoisotopic (exact) mass is 573 g/mol. The van der Waals surface area contributed by atoms with Crippen molar-refractivity contribution in [2.24, 2.45) is 35.0 Å². The van der Waals surface area contributed by atoms with Crippen LogP contribution in [-0.2, 0) is 9.47 Å². The fourth-order valence-electron chi connectivity index (χ4n) is 9.41. The summed E-state index contributed by atoms with van der Waals surface area (Å²) in [6.45, 7) is 9.61. The van der Waals surface area contributed by atoms with Crippen LogP contribution in [0, 0.1) is 35.0 Å². The normalized spacial score (nSPS) is 49.0. The second-order valence-electron chi connectivity index (χ2n) is 14.3. The number of piperidine rings is 1. The molecule has 0 bridgehead atoms. The Morgan fingerprint density at radius 1 is 1.15 bits per heavy atom. The highest BCUT2D eigenvalue weighted by atomic mass is 16.7. The summed E-state index contributed by atoms with van der Waals surface area (Å²) in [6.07, 6.45) is 5.18. The minimum absolute atomic E-state index is 0.00923. The van der Waals surface area contributed by atoms with Gasteiger partial charge in [-0.1, -0.05) is 44.1 Å². The van der Waals surface area contributed by atoms with Gasteiger partial charge in [-0.15, -0.1) is 0 Å². The Morgan fingerprint density at radius 2 is 1.93 bits per heavy atom. The topological polar surface area (TPSA) is 132 Å². The van der Waals surface area contributed by atoms with E-state index in [0.29, 0.717) is 23.7 Å². The van der Waals surface area contributed by atoms with Crippen molar-refractivity contribution in [2.75, 3.05) is 13.2 Å². The van der Waals surface area contributed by atoms with Crippen LogP contribution in [0.1, 0.15) is 72.6 Å². The van der Waals surface area contributed by atoms with Gasteiger partial charge in [-0.25, -0.2) is 0 Å². The van der Waals surface area contributed by atoms with E-state index in [-0.39, 0.29) is 29.6 Å². The summed E-state index contributed by atoms with van der Waals surface area (Å²) in [5, 5.41) is 54.9. The fourth-order valence-corrected chi connectivity index (χ4v) is 9.41. The molecule has 6 aliphatic rings. The van der Waals surface area contributed by atoms with E-state index in [4.69, 9.17) is 9.47 Å². The molecule has 0 amide bonds. The Balaban J connectivity index is 1.23. The number of aliphatic hydroxyl groups excluding tert-OH is 5. The van der Waals surface area contributed by atoms with Crippen molar-refractivity contribution in [3.63, 3.8) is 0 Å². The van der Waals surface area contributed by atoms with Crippen LogP contribution in [0.4, 0.5) is 0 Å². The van der Waals surface area contributed by atoms with Gasteiger partial charge >= 0.3 is 0 Å². The number of rotatable bonds is 5. The number of hydrogen-bond donors (Lipinski definition) is 6. The predicted octanol–water partition coefficient (Wildman–Crippen LogP) is 2.59. The van der Waals surface area contributed by atoms with Crippen molar-refractivity contribution in [3.8, 4) is 0 Å². The molecule has 0 aromatic heterocycles. The molecule has 0 unspecified atom stereocenters. The Labute approximate surface area is 244 Å². The van der Waals surface area contributed by atoms with Crippen LogP contribution < -0.4 is 5.32 Å². The number of aliphatic hydroxyl groups is 5. The second-order valence-corrected chi connectivity index (χ2v) is 14.3. The molecule has 41 heavy (non-hydrogen) atoms. The molecule has 8 nitrogen and oxygen atoms in total. The molecule has 2 saturated heterocycles. The maximum atomic E-state index is 10.7. The first-order valence-electron chi connectivity index (χ1n) is 16.0. The Bertz CT molecular complexity index is 1090. The van der Waals surface area contributed by atoms with Crippen molar-refractivity contribution in [3.05, 3.63) is 34.4 Å². The molecule has 3 fully saturated rings. The summed E-state index contributed by atoms with van der Waals surface area (Å²) in [7, 11) is 0.